The first kappa shape index (κ1) is 22.0. The highest BCUT2D eigenvalue weighted by atomic mass is 16.5. The third kappa shape index (κ3) is 4.11. The van der Waals surface area contributed by atoms with E-state index < -0.39 is 0 Å². The Bertz CT molecular complexity index is 1120. The summed E-state index contributed by atoms with van der Waals surface area (Å²) in [4.78, 5) is 43.0. The SMILES string of the molecule is COc1ccc(N2CCN(C(=O)c3cccc(N4NC(=O)C5CC=CCC5C4=O)c3)CC2)cc1. The zero-order chi connectivity index (χ0) is 23.7. The highest BCUT2D eigenvalue weighted by Crippen LogP contribution is 2.32. The first-order chi connectivity index (χ1) is 16.5. The Morgan fingerprint density at radius 1 is 0.912 bits per heavy atom. The van der Waals surface area contributed by atoms with E-state index in [-0.39, 0.29) is 29.6 Å². The zero-order valence-electron chi connectivity index (χ0n) is 19.1. The van der Waals surface area contributed by atoms with Crippen LogP contribution in [0.1, 0.15) is 23.2 Å². The van der Waals surface area contributed by atoms with Gasteiger partial charge in [-0.3, -0.25) is 19.8 Å². The maximum absolute atomic E-state index is 13.2. The number of anilines is 2. The summed E-state index contributed by atoms with van der Waals surface area (Å²) in [6.07, 6.45) is 5.06. The number of allylic oxidation sites excluding steroid dienone is 2. The maximum Gasteiger partial charge on any atom is 0.254 e. The second kappa shape index (κ2) is 9.21. The summed E-state index contributed by atoms with van der Waals surface area (Å²) in [5.41, 5.74) is 4.84. The van der Waals surface area contributed by atoms with Crippen LogP contribution in [0.3, 0.4) is 0 Å². The molecule has 2 saturated heterocycles. The summed E-state index contributed by atoms with van der Waals surface area (Å²) < 4.78 is 5.22. The number of nitrogens with one attached hydrogen (secondary N) is 1. The van der Waals surface area contributed by atoms with Crippen molar-refractivity contribution in [3.8, 4) is 5.75 Å². The van der Waals surface area contributed by atoms with Crippen LogP contribution in [-0.2, 0) is 9.59 Å². The Labute approximate surface area is 198 Å². The predicted octanol–water partition coefficient (Wildman–Crippen LogP) is 2.62. The molecule has 0 aromatic heterocycles. The number of hydrogen-bond acceptors (Lipinski definition) is 5. The van der Waals surface area contributed by atoms with Crippen LogP contribution in [0.2, 0.25) is 0 Å². The summed E-state index contributed by atoms with van der Waals surface area (Å²) in [7, 11) is 1.65. The Hall–Kier alpha value is -3.81. The Morgan fingerprint density at radius 2 is 1.62 bits per heavy atom. The third-order valence-electron chi connectivity index (χ3n) is 6.88. The number of ether oxygens (including phenoxy) is 1. The molecular formula is C26H28N4O4. The van der Waals surface area contributed by atoms with E-state index in [1.807, 2.05) is 41.3 Å². The molecule has 2 heterocycles. The van der Waals surface area contributed by atoms with Gasteiger partial charge in [-0.15, -0.1) is 0 Å². The maximum atomic E-state index is 13.2. The normalized spacial score (nSPS) is 22.3. The molecule has 3 aliphatic rings. The van der Waals surface area contributed by atoms with Gasteiger partial charge in [0.1, 0.15) is 5.75 Å². The summed E-state index contributed by atoms with van der Waals surface area (Å²) in [6, 6.07) is 14.9. The van der Waals surface area contributed by atoms with Gasteiger partial charge in [0.05, 0.1) is 24.6 Å². The van der Waals surface area contributed by atoms with E-state index >= 15 is 0 Å². The number of hydrogen-bond donors (Lipinski definition) is 1. The Morgan fingerprint density at radius 3 is 2.32 bits per heavy atom. The van der Waals surface area contributed by atoms with Crippen molar-refractivity contribution in [3.63, 3.8) is 0 Å². The number of methoxy groups -OCH3 is 1. The van der Waals surface area contributed by atoms with Gasteiger partial charge in [-0.2, -0.15) is 0 Å². The van der Waals surface area contributed by atoms with Gasteiger partial charge in [-0.25, -0.2) is 5.01 Å². The van der Waals surface area contributed by atoms with Crippen LogP contribution in [0.15, 0.2) is 60.7 Å². The van der Waals surface area contributed by atoms with Crippen LogP contribution in [0.4, 0.5) is 11.4 Å². The smallest absolute Gasteiger partial charge is 0.254 e. The van der Waals surface area contributed by atoms with Crippen molar-refractivity contribution in [3.05, 3.63) is 66.2 Å². The van der Waals surface area contributed by atoms with Gasteiger partial charge in [-0.05, 0) is 55.3 Å². The topological polar surface area (TPSA) is 82.2 Å². The molecule has 8 nitrogen and oxygen atoms in total. The molecule has 2 fully saturated rings. The minimum atomic E-state index is -0.357. The molecule has 2 aliphatic heterocycles. The van der Waals surface area contributed by atoms with Crippen molar-refractivity contribution >= 4 is 29.1 Å². The van der Waals surface area contributed by atoms with Crippen LogP contribution in [0.25, 0.3) is 0 Å². The van der Waals surface area contributed by atoms with Crippen molar-refractivity contribution < 1.29 is 19.1 Å². The first-order valence-corrected chi connectivity index (χ1v) is 11.6. The van der Waals surface area contributed by atoms with Gasteiger partial charge in [-0.1, -0.05) is 18.2 Å². The van der Waals surface area contributed by atoms with Gasteiger partial charge in [0, 0.05) is 37.4 Å². The van der Waals surface area contributed by atoms with Crippen LogP contribution in [0, 0.1) is 11.8 Å². The molecule has 0 radical (unpaired) electrons. The number of carbonyl (C=O) groups is 3. The molecule has 34 heavy (non-hydrogen) atoms. The summed E-state index contributed by atoms with van der Waals surface area (Å²) in [6.45, 7) is 2.67. The molecule has 2 unspecified atom stereocenters. The Kier molecular flexibility index (Phi) is 5.96. The lowest BCUT2D eigenvalue weighted by atomic mass is 9.80. The van der Waals surface area contributed by atoms with Gasteiger partial charge >= 0.3 is 0 Å². The quantitative estimate of drug-likeness (QED) is 0.710. The fraction of sp³-hybridized carbons (Fsp3) is 0.346. The fourth-order valence-electron chi connectivity index (χ4n) is 4.90. The van der Waals surface area contributed by atoms with Crippen LogP contribution in [-0.4, -0.2) is 55.9 Å². The van der Waals surface area contributed by atoms with Crippen molar-refractivity contribution in [2.24, 2.45) is 11.8 Å². The minimum Gasteiger partial charge on any atom is -0.497 e. The highest BCUT2D eigenvalue weighted by molar-refractivity contribution is 6.05. The first-order valence-electron chi connectivity index (χ1n) is 11.6. The minimum absolute atomic E-state index is 0.0782. The number of hydrazine groups is 1. The average Bonchev–Trinajstić information content (AvgIpc) is 2.90. The molecule has 1 N–H and O–H groups in total. The number of benzene rings is 2. The van der Waals surface area contributed by atoms with Crippen LogP contribution >= 0.6 is 0 Å². The molecule has 2 aromatic carbocycles. The van der Waals surface area contributed by atoms with Crippen molar-refractivity contribution in [2.45, 2.75) is 12.8 Å². The largest absolute Gasteiger partial charge is 0.497 e. The average molecular weight is 461 g/mol. The lowest BCUT2D eigenvalue weighted by Crippen LogP contribution is -2.59. The fourth-order valence-corrected chi connectivity index (χ4v) is 4.90. The molecule has 0 bridgehead atoms. The molecule has 2 atom stereocenters. The molecule has 8 heteroatoms. The molecule has 3 amide bonds. The third-order valence-corrected chi connectivity index (χ3v) is 6.88. The number of fused-ring (bicyclic) bond motifs is 1. The summed E-state index contributed by atoms with van der Waals surface area (Å²) in [5.74, 6) is -0.224. The molecule has 5 rings (SSSR count). The zero-order valence-corrected chi connectivity index (χ0v) is 19.1. The number of rotatable bonds is 4. The van der Waals surface area contributed by atoms with Crippen LogP contribution < -0.4 is 20.1 Å². The van der Waals surface area contributed by atoms with Gasteiger partial charge in [0.15, 0.2) is 0 Å². The molecule has 2 aromatic rings. The second-order valence-corrected chi connectivity index (χ2v) is 8.83. The second-order valence-electron chi connectivity index (χ2n) is 8.83. The van der Waals surface area contributed by atoms with Crippen LogP contribution in [0.5, 0.6) is 5.75 Å². The summed E-state index contributed by atoms with van der Waals surface area (Å²) >= 11 is 0. The van der Waals surface area contributed by atoms with E-state index in [1.54, 1.807) is 31.4 Å². The van der Waals surface area contributed by atoms with Crippen molar-refractivity contribution in [2.75, 3.05) is 43.2 Å². The Balaban J connectivity index is 1.26. The lowest BCUT2D eigenvalue weighted by molar-refractivity contribution is -0.139. The lowest BCUT2D eigenvalue weighted by Gasteiger charge is -2.38. The van der Waals surface area contributed by atoms with E-state index in [1.165, 1.54) is 5.01 Å². The highest BCUT2D eigenvalue weighted by Gasteiger charge is 2.42. The number of carbonyl (C=O) groups excluding carboxylic acids is 3. The number of piperazine rings is 1. The van der Waals surface area contributed by atoms with Gasteiger partial charge < -0.3 is 14.5 Å². The molecular weight excluding hydrogens is 432 g/mol. The number of nitrogens with zero attached hydrogens (tertiary/aromatic N) is 3. The molecule has 176 valence electrons. The number of amides is 3. The van der Waals surface area contributed by atoms with E-state index in [2.05, 4.69) is 10.3 Å². The molecule has 1 aliphatic carbocycles. The van der Waals surface area contributed by atoms with E-state index in [0.717, 1.165) is 24.5 Å². The van der Waals surface area contributed by atoms with Crippen molar-refractivity contribution in [1.82, 2.24) is 10.3 Å². The predicted molar refractivity (Wildman–Crippen MR) is 129 cm³/mol. The summed E-state index contributed by atoms with van der Waals surface area (Å²) in [5, 5.41) is 1.31. The van der Waals surface area contributed by atoms with E-state index in [0.29, 0.717) is 37.2 Å². The van der Waals surface area contributed by atoms with Gasteiger partial charge in [0.2, 0.25) is 11.8 Å². The van der Waals surface area contributed by atoms with E-state index in [9.17, 15) is 14.4 Å². The molecule has 0 spiro atoms. The molecule has 0 saturated carbocycles. The van der Waals surface area contributed by atoms with Gasteiger partial charge in [0.25, 0.3) is 5.91 Å². The van der Waals surface area contributed by atoms with E-state index in [4.69, 9.17) is 4.74 Å². The monoisotopic (exact) mass is 460 g/mol. The standard InChI is InChI=1S/C26H28N4O4/c1-34-21-11-9-19(10-12-21)28-13-15-29(16-14-28)25(32)18-5-4-6-20(17-18)30-26(33)23-8-3-2-7-22(23)24(31)27-30/h2-6,9-12,17,22-23H,7-8,13-16H2,1H3,(H,27,31). The van der Waals surface area contributed by atoms with Crippen molar-refractivity contribution in [1.29, 1.82) is 0 Å².